The first-order chi connectivity index (χ1) is 9.60. The van der Waals surface area contributed by atoms with E-state index in [4.69, 9.17) is 0 Å². The summed E-state index contributed by atoms with van der Waals surface area (Å²) in [6, 6.07) is 0. The molecule has 20 heavy (non-hydrogen) atoms. The first-order valence-corrected chi connectivity index (χ1v) is 7.91. The minimum Gasteiger partial charge on any atom is -0.353 e. The molecule has 1 atom stereocenters. The first kappa shape index (κ1) is 19.0. The summed E-state index contributed by atoms with van der Waals surface area (Å²) in [7, 11) is 0. The molecule has 0 bridgehead atoms. The molecular formula is C16H27NO2S. The second-order valence-corrected chi connectivity index (χ2v) is 5.53. The lowest BCUT2D eigenvalue weighted by molar-refractivity contribution is -0.117. The summed E-state index contributed by atoms with van der Waals surface area (Å²) in [6.07, 6.45) is 11.6. The van der Waals surface area contributed by atoms with Gasteiger partial charge in [-0.2, -0.15) is 12.6 Å². The molecular weight excluding hydrogens is 270 g/mol. The van der Waals surface area contributed by atoms with E-state index in [1.165, 1.54) is 37.8 Å². The molecule has 0 heterocycles. The van der Waals surface area contributed by atoms with E-state index in [0.717, 1.165) is 12.8 Å². The third-order valence-corrected chi connectivity index (χ3v) is 3.33. The minimum absolute atomic E-state index is 0.111. The highest BCUT2D eigenvalue weighted by Gasteiger charge is 2.03. The number of hydrogen-bond acceptors (Lipinski definition) is 3. The Bertz CT molecular complexity index is 326. The smallest absolute Gasteiger partial charge is 0.244 e. The molecule has 114 valence electrons. The highest BCUT2D eigenvalue weighted by Crippen LogP contribution is 2.04. The number of hydrogen-bond donors (Lipinski definition) is 2. The fourth-order valence-electron chi connectivity index (χ4n) is 1.70. The van der Waals surface area contributed by atoms with Crippen LogP contribution in [0.2, 0.25) is 0 Å². The predicted octanol–water partition coefficient (Wildman–Crippen LogP) is 3.46. The number of amides is 1. The molecule has 0 aliphatic heterocycles. The van der Waals surface area contributed by atoms with Crippen molar-refractivity contribution in [2.24, 2.45) is 0 Å². The van der Waals surface area contributed by atoms with Crippen LogP contribution in [0.5, 0.6) is 0 Å². The van der Waals surface area contributed by atoms with E-state index in [2.05, 4.69) is 31.4 Å². The highest BCUT2D eigenvalue weighted by molar-refractivity contribution is 7.81. The number of nitrogens with one attached hydrogen (secondary N) is 1. The molecule has 1 amide bonds. The zero-order valence-electron chi connectivity index (χ0n) is 12.4. The Kier molecular flexibility index (Phi) is 12.3. The van der Waals surface area contributed by atoms with Gasteiger partial charge in [-0.25, -0.2) is 0 Å². The monoisotopic (exact) mass is 297 g/mol. The number of carbonyl (C=O) groups is 2. The topological polar surface area (TPSA) is 46.2 Å². The van der Waals surface area contributed by atoms with E-state index >= 15 is 0 Å². The summed E-state index contributed by atoms with van der Waals surface area (Å²) in [5.74, 6) is -0.319. The number of allylic oxidation sites excluding steroid dienone is 1. The van der Waals surface area contributed by atoms with Crippen LogP contribution >= 0.6 is 12.6 Å². The van der Waals surface area contributed by atoms with Crippen LogP contribution in [0.1, 0.15) is 51.9 Å². The van der Waals surface area contributed by atoms with Crippen molar-refractivity contribution < 1.29 is 9.59 Å². The highest BCUT2D eigenvalue weighted by atomic mass is 32.1. The van der Waals surface area contributed by atoms with Gasteiger partial charge in [0.25, 0.3) is 0 Å². The summed E-state index contributed by atoms with van der Waals surface area (Å²) < 4.78 is 0. The lowest BCUT2D eigenvalue weighted by Crippen LogP contribution is -2.22. The Morgan fingerprint density at radius 2 is 1.80 bits per heavy atom. The molecule has 0 aliphatic rings. The Balaban J connectivity index is 3.62. The van der Waals surface area contributed by atoms with Crippen LogP contribution in [-0.4, -0.2) is 23.5 Å². The molecule has 0 aromatic heterocycles. The molecule has 0 radical (unpaired) electrons. The molecule has 0 rings (SSSR count). The lowest BCUT2D eigenvalue weighted by Gasteiger charge is -2.02. The van der Waals surface area contributed by atoms with Crippen LogP contribution < -0.4 is 5.32 Å². The maximum absolute atomic E-state index is 11.4. The number of ketones is 1. The molecule has 0 aromatic carbocycles. The van der Waals surface area contributed by atoms with Crippen molar-refractivity contribution in [3.63, 3.8) is 0 Å². The second-order valence-electron chi connectivity index (χ2n) is 4.87. The molecule has 0 saturated carbocycles. The van der Waals surface area contributed by atoms with Crippen LogP contribution in [0.25, 0.3) is 0 Å². The SMILES string of the molecule is C=CC(S)CC(=O)C=CC(=O)NCCCCCCCC. The van der Waals surface area contributed by atoms with Crippen molar-refractivity contribution in [2.75, 3.05) is 6.54 Å². The maximum Gasteiger partial charge on any atom is 0.244 e. The fraction of sp³-hybridized carbons (Fsp3) is 0.625. The summed E-state index contributed by atoms with van der Waals surface area (Å²) in [6.45, 7) is 6.42. The van der Waals surface area contributed by atoms with Crippen molar-refractivity contribution in [1.82, 2.24) is 5.32 Å². The molecule has 0 fully saturated rings. The molecule has 0 aromatic rings. The predicted molar refractivity (Wildman–Crippen MR) is 88.1 cm³/mol. The standard InChI is InChI=1S/C16H27NO2S/c1-3-5-6-7-8-9-12-17-16(19)11-10-14(18)13-15(20)4-2/h4,10-11,15,20H,2-3,5-9,12-13H2,1H3,(H,17,19). The normalized spacial score (nSPS) is 12.3. The Hall–Kier alpha value is -1.03. The van der Waals surface area contributed by atoms with Gasteiger partial charge in [0.15, 0.2) is 5.78 Å². The van der Waals surface area contributed by atoms with Crippen molar-refractivity contribution in [3.05, 3.63) is 24.8 Å². The zero-order valence-corrected chi connectivity index (χ0v) is 13.3. The Labute approximate surface area is 128 Å². The Morgan fingerprint density at radius 1 is 1.15 bits per heavy atom. The van der Waals surface area contributed by atoms with E-state index in [0.29, 0.717) is 6.54 Å². The molecule has 0 aliphatic carbocycles. The second kappa shape index (κ2) is 13.0. The van der Waals surface area contributed by atoms with Gasteiger partial charge in [-0.15, -0.1) is 6.58 Å². The quantitative estimate of drug-likeness (QED) is 0.251. The van der Waals surface area contributed by atoms with Crippen LogP contribution in [0.3, 0.4) is 0 Å². The van der Waals surface area contributed by atoms with E-state index in [1.54, 1.807) is 6.08 Å². The average Bonchev–Trinajstić information content (AvgIpc) is 2.44. The molecule has 1 N–H and O–H groups in total. The molecule has 3 nitrogen and oxygen atoms in total. The largest absolute Gasteiger partial charge is 0.353 e. The average molecular weight is 297 g/mol. The van der Waals surface area contributed by atoms with Gasteiger partial charge in [-0.05, 0) is 12.5 Å². The van der Waals surface area contributed by atoms with E-state index < -0.39 is 0 Å². The summed E-state index contributed by atoms with van der Waals surface area (Å²) >= 11 is 4.14. The van der Waals surface area contributed by atoms with Crippen molar-refractivity contribution >= 4 is 24.3 Å². The van der Waals surface area contributed by atoms with Crippen molar-refractivity contribution in [1.29, 1.82) is 0 Å². The van der Waals surface area contributed by atoms with Gasteiger partial charge < -0.3 is 5.32 Å². The number of unbranched alkanes of at least 4 members (excludes halogenated alkanes) is 5. The van der Waals surface area contributed by atoms with Crippen molar-refractivity contribution in [2.45, 2.75) is 57.1 Å². The minimum atomic E-state index is -0.207. The number of carbonyl (C=O) groups excluding carboxylic acids is 2. The van der Waals surface area contributed by atoms with Gasteiger partial charge in [0.05, 0.1) is 0 Å². The zero-order chi connectivity index (χ0) is 15.2. The number of rotatable bonds is 12. The molecule has 0 spiro atoms. The summed E-state index contributed by atoms with van der Waals surface area (Å²) in [5, 5.41) is 2.62. The van der Waals surface area contributed by atoms with Crippen LogP contribution in [0.4, 0.5) is 0 Å². The van der Waals surface area contributed by atoms with Gasteiger partial charge in [-0.3, -0.25) is 9.59 Å². The third-order valence-electron chi connectivity index (χ3n) is 2.93. The molecule has 4 heteroatoms. The summed E-state index contributed by atoms with van der Waals surface area (Å²) in [4.78, 5) is 22.9. The summed E-state index contributed by atoms with van der Waals surface area (Å²) in [5.41, 5.74) is 0. The van der Waals surface area contributed by atoms with Gasteiger partial charge in [-0.1, -0.05) is 45.1 Å². The fourth-order valence-corrected chi connectivity index (χ4v) is 1.88. The van der Waals surface area contributed by atoms with Crippen molar-refractivity contribution in [3.8, 4) is 0 Å². The third kappa shape index (κ3) is 12.0. The maximum atomic E-state index is 11.4. The van der Waals surface area contributed by atoms with Gasteiger partial charge in [0.2, 0.25) is 5.91 Å². The lowest BCUT2D eigenvalue weighted by atomic mass is 10.1. The van der Waals surface area contributed by atoms with E-state index in [-0.39, 0.29) is 23.4 Å². The Morgan fingerprint density at radius 3 is 2.45 bits per heavy atom. The van der Waals surface area contributed by atoms with Crippen LogP contribution in [-0.2, 0) is 9.59 Å². The van der Waals surface area contributed by atoms with E-state index in [9.17, 15) is 9.59 Å². The van der Waals surface area contributed by atoms with Gasteiger partial charge in [0, 0.05) is 24.3 Å². The number of thiol groups is 1. The first-order valence-electron chi connectivity index (χ1n) is 7.39. The van der Waals surface area contributed by atoms with Crippen LogP contribution in [0, 0.1) is 0 Å². The van der Waals surface area contributed by atoms with Crippen LogP contribution in [0.15, 0.2) is 24.8 Å². The molecule has 1 unspecified atom stereocenters. The van der Waals surface area contributed by atoms with Gasteiger partial charge in [0.1, 0.15) is 0 Å². The molecule has 0 saturated heterocycles. The van der Waals surface area contributed by atoms with E-state index in [1.807, 2.05) is 0 Å². The van der Waals surface area contributed by atoms with Gasteiger partial charge >= 0.3 is 0 Å².